The highest BCUT2D eigenvalue weighted by Crippen LogP contribution is 2.07. The predicted octanol–water partition coefficient (Wildman–Crippen LogP) is 3.10. The number of nitrogens with zero attached hydrogens (tertiary/aromatic N) is 3. The number of hydrogen-bond donors (Lipinski definition) is 0. The summed E-state index contributed by atoms with van der Waals surface area (Å²) in [6, 6.07) is 12.5. The van der Waals surface area contributed by atoms with Gasteiger partial charge >= 0.3 is 0 Å². The maximum absolute atomic E-state index is 4.18. The average molecular weight is 239 g/mol. The highest BCUT2D eigenvalue weighted by molar-refractivity contribution is 5.77. The SMILES string of the molecule is CC1C=NC=CN1C.c1ccc2ncccc2c1. The zero-order valence-electron chi connectivity index (χ0n) is 10.7. The van der Waals surface area contributed by atoms with Gasteiger partial charge in [-0.3, -0.25) is 9.98 Å². The molecule has 0 saturated carbocycles. The van der Waals surface area contributed by atoms with E-state index in [1.807, 2.05) is 49.9 Å². The molecule has 0 amide bonds. The zero-order chi connectivity index (χ0) is 12.8. The van der Waals surface area contributed by atoms with E-state index in [1.54, 1.807) is 6.20 Å². The van der Waals surface area contributed by atoms with Gasteiger partial charge in [0.2, 0.25) is 0 Å². The Balaban J connectivity index is 0.000000138. The fourth-order valence-corrected chi connectivity index (χ4v) is 1.57. The fraction of sp³-hybridized carbons (Fsp3) is 0.200. The van der Waals surface area contributed by atoms with Gasteiger partial charge in [-0.05, 0) is 19.1 Å². The molecule has 0 N–H and O–H groups in total. The quantitative estimate of drug-likeness (QED) is 0.706. The Hall–Kier alpha value is -2.16. The molecule has 1 aliphatic rings. The molecule has 0 spiro atoms. The Morgan fingerprint density at radius 1 is 1.11 bits per heavy atom. The van der Waals surface area contributed by atoms with Gasteiger partial charge in [0.15, 0.2) is 0 Å². The minimum atomic E-state index is 0.458. The smallest absolute Gasteiger partial charge is 0.0701 e. The second kappa shape index (κ2) is 5.96. The summed E-state index contributed by atoms with van der Waals surface area (Å²) < 4.78 is 0. The molecule has 3 rings (SSSR count). The predicted molar refractivity (Wildman–Crippen MR) is 76.6 cm³/mol. The highest BCUT2D eigenvalue weighted by Gasteiger charge is 2.01. The van der Waals surface area contributed by atoms with Crippen LogP contribution in [0.3, 0.4) is 0 Å². The van der Waals surface area contributed by atoms with E-state index in [0.29, 0.717) is 6.04 Å². The molecular weight excluding hydrogens is 222 g/mol. The van der Waals surface area contributed by atoms with Gasteiger partial charge in [-0.2, -0.15) is 0 Å². The number of aliphatic imine (C=N–C) groups is 1. The molecule has 18 heavy (non-hydrogen) atoms. The second-order valence-corrected chi connectivity index (χ2v) is 4.20. The van der Waals surface area contributed by atoms with Gasteiger partial charge in [0, 0.05) is 37.2 Å². The van der Waals surface area contributed by atoms with Crippen LogP contribution in [0.2, 0.25) is 0 Å². The third kappa shape index (κ3) is 3.17. The number of rotatable bonds is 0. The van der Waals surface area contributed by atoms with Gasteiger partial charge in [0.05, 0.1) is 11.6 Å². The van der Waals surface area contributed by atoms with Crippen molar-refractivity contribution in [3.63, 3.8) is 0 Å². The van der Waals surface area contributed by atoms with Crippen molar-refractivity contribution in [1.82, 2.24) is 9.88 Å². The molecule has 1 atom stereocenters. The number of aromatic nitrogens is 1. The van der Waals surface area contributed by atoms with Crippen molar-refractivity contribution in [3.8, 4) is 0 Å². The molecule has 1 aromatic heterocycles. The molecule has 3 nitrogen and oxygen atoms in total. The second-order valence-electron chi connectivity index (χ2n) is 4.20. The molecular formula is C15H17N3. The normalized spacial score (nSPS) is 17.4. The summed E-state index contributed by atoms with van der Waals surface area (Å²) in [5, 5.41) is 1.20. The number of hydrogen-bond acceptors (Lipinski definition) is 3. The van der Waals surface area contributed by atoms with Crippen molar-refractivity contribution in [2.24, 2.45) is 4.99 Å². The lowest BCUT2D eigenvalue weighted by Crippen LogP contribution is -2.26. The number of para-hydroxylation sites is 1. The molecule has 2 aromatic rings. The van der Waals surface area contributed by atoms with Crippen molar-refractivity contribution in [2.75, 3.05) is 7.05 Å². The van der Waals surface area contributed by atoms with E-state index in [9.17, 15) is 0 Å². The molecule has 1 aliphatic heterocycles. The molecule has 0 fully saturated rings. The standard InChI is InChI=1S/C9H7N.C6H10N2/c1-2-6-9-8(4-1)5-3-7-10-9;1-6-5-7-3-4-8(6)2/h1-7H;3-6H,1-2H3. The van der Waals surface area contributed by atoms with Crippen LogP contribution in [0.25, 0.3) is 10.9 Å². The Morgan fingerprint density at radius 2 is 1.89 bits per heavy atom. The van der Waals surface area contributed by atoms with Crippen LogP contribution in [0.1, 0.15) is 6.92 Å². The van der Waals surface area contributed by atoms with Crippen LogP contribution in [0.15, 0.2) is 60.0 Å². The van der Waals surface area contributed by atoms with Gasteiger partial charge in [0.25, 0.3) is 0 Å². The summed E-state index contributed by atoms with van der Waals surface area (Å²) in [6.07, 6.45) is 7.48. The van der Waals surface area contributed by atoms with Crippen molar-refractivity contribution in [1.29, 1.82) is 0 Å². The fourth-order valence-electron chi connectivity index (χ4n) is 1.57. The summed E-state index contributed by atoms with van der Waals surface area (Å²) in [5.74, 6) is 0. The Bertz CT molecular complexity index is 479. The summed E-state index contributed by atoms with van der Waals surface area (Å²) in [7, 11) is 2.03. The molecule has 1 unspecified atom stereocenters. The van der Waals surface area contributed by atoms with Gasteiger partial charge < -0.3 is 4.90 Å². The van der Waals surface area contributed by atoms with E-state index in [2.05, 4.69) is 33.9 Å². The van der Waals surface area contributed by atoms with Crippen LogP contribution < -0.4 is 0 Å². The Morgan fingerprint density at radius 3 is 2.56 bits per heavy atom. The maximum Gasteiger partial charge on any atom is 0.0701 e. The lowest BCUT2D eigenvalue weighted by atomic mass is 10.2. The first-order valence-corrected chi connectivity index (χ1v) is 5.99. The molecule has 0 aliphatic carbocycles. The molecule has 0 saturated heterocycles. The number of fused-ring (bicyclic) bond motifs is 1. The van der Waals surface area contributed by atoms with Crippen molar-refractivity contribution in [3.05, 3.63) is 55.0 Å². The lowest BCUT2D eigenvalue weighted by Gasteiger charge is -2.20. The topological polar surface area (TPSA) is 28.5 Å². The monoisotopic (exact) mass is 239 g/mol. The average Bonchev–Trinajstić information content (AvgIpc) is 2.43. The first-order chi connectivity index (χ1) is 8.77. The van der Waals surface area contributed by atoms with E-state index in [0.717, 1.165) is 5.52 Å². The first-order valence-electron chi connectivity index (χ1n) is 5.99. The van der Waals surface area contributed by atoms with Crippen LogP contribution in [-0.4, -0.2) is 29.2 Å². The number of benzene rings is 1. The van der Waals surface area contributed by atoms with Crippen LogP contribution >= 0.6 is 0 Å². The van der Waals surface area contributed by atoms with Gasteiger partial charge in [-0.25, -0.2) is 0 Å². The van der Waals surface area contributed by atoms with E-state index >= 15 is 0 Å². The first kappa shape index (κ1) is 12.3. The van der Waals surface area contributed by atoms with Crippen LogP contribution in [0.5, 0.6) is 0 Å². The molecule has 3 heteroatoms. The third-order valence-electron chi connectivity index (χ3n) is 2.84. The summed E-state index contributed by atoms with van der Waals surface area (Å²) in [4.78, 5) is 10.2. The zero-order valence-corrected chi connectivity index (χ0v) is 10.7. The molecule has 92 valence electrons. The number of pyridine rings is 1. The van der Waals surface area contributed by atoms with E-state index in [1.165, 1.54) is 5.39 Å². The highest BCUT2D eigenvalue weighted by atomic mass is 15.1. The minimum Gasteiger partial charge on any atom is -0.371 e. The van der Waals surface area contributed by atoms with Crippen LogP contribution in [0.4, 0.5) is 0 Å². The van der Waals surface area contributed by atoms with Crippen molar-refractivity contribution in [2.45, 2.75) is 13.0 Å². The third-order valence-corrected chi connectivity index (χ3v) is 2.84. The Labute approximate surface area is 107 Å². The molecule has 0 radical (unpaired) electrons. The van der Waals surface area contributed by atoms with Gasteiger partial charge in [0.1, 0.15) is 0 Å². The summed E-state index contributed by atoms with van der Waals surface area (Å²) in [5.41, 5.74) is 1.06. The van der Waals surface area contributed by atoms with Crippen molar-refractivity contribution >= 4 is 17.1 Å². The van der Waals surface area contributed by atoms with E-state index in [-0.39, 0.29) is 0 Å². The molecule has 2 heterocycles. The largest absolute Gasteiger partial charge is 0.371 e. The van der Waals surface area contributed by atoms with Crippen molar-refractivity contribution < 1.29 is 0 Å². The van der Waals surface area contributed by atoms with Crippen LogP contribution in [0, 0.1) is 0 Å². The van der Waals surface area contributed by atoms with Gasteiger partial charge in [-0.1, -0.05) is 24.3 Å². The molecule has 1 aromatic carbocycles. The summed E-state index contributed by atoms with van der Waals surface area (Å²) >= 11 is 0. The van der Waals surface area contributed by atoms with E-state index in [4.69, 9.17) is 0 Å². The minimum absolute atomic E-state index is 0.458. The lowest BCUT2D eigenvalue weighted by molar-refractivity contribution is 0.426. The molecule has 0 bridgehead atoms. The van der Waals surface area contributed by atoms with Crippen LogP contribution in [-0.2, 0) is 0 Å². The van der Waals surface area contributed by atoms with Gasteiger partial charge in [-0.15, -0.1) is 0 Å². The summed E-state index contributed by atoms with van der Waals surface area (Å²) in [6.45, 7) is 2.10. The van der Waals surface area contributed by atoms with E-state index < -0.39 is 0 Å². The maximum atomic E-state index is 4.18. The Kier molecular flexibility index (Phi) is 4.07.